The highest BCUT2D eigenvalue weighted by Gasteiger charge is 1.99. The lowest BCUT2D eigenvalue weighted by atomic mass is 10.3. The minimum atomic E-state index is 0.627. The molecule has 0 fully saturated rings. The average molecular weight is 169 g/mol. The molecule has 1 aromatic rings. The van der Waals surface area contributed by atoms with Gasteiger partial charge in [-0.1, -0.05) is 18.5 Å². The van der Waals surface area contributed by atoms with Gasteiger partial charge < -0.3 is 9.84 Å². The molecule has 12 heavy (non-hydrogen) atoms. The predicted molar refractivity (Wildman–Crippen MR) is 45.6 cm³/mol. The summed E-state index contributed by atoms with van der Waals surface area (Å²) in [5.41, 5.74) is 0. The number of rotatable bonds is 5. The van der Waals surface area contributed by atoms with Crippen LogP contribution in [0.1, 0.15) is 31.5 Å². The van der Waals surface area contributed by atoms with E-state index in [0.29, 0.717) is 12.4 Å². The van der Waals surface area contributed by atoms with Gasteiger partial charge in [0, 0.05) is 6.92 Å². The zero-order valence-corrected chi connectivity index (χ0v) is 7.63. The third kappa shape index (κ3) is 3.00. The van der Waals surface area contributed by atoms with E-state index in [1.165, 1.54) is 12.8 Å². The van der Waals surface area contributed by atoms with Crippen molar-refractivity contribution in [3.05, 3.63) is 11.7 Å². The number of nitrogens with one attached hydrogen (secondary N) is 1. The summed E-state index contributed by atoms with van der Waals surface area (Å²) in [7, 11) is 0. The van der Waals surface area contributed by atoms with E-state index in [1.54, 1.807) is 6.92 Å². The van der Waals surface area contributed by atoms with Crippen LogP contribution in [0.15, 0.2) is 4.52 Å². The summed E-state index contributed by atoms with van der Waals surface area (Å²) in [5, 5.41) is 7.00. The van der Waals surface area contributed by atoms with Gasteiger partial charge in [-0.25, -0.2) is 0 Å². The van der Waals surface area contributed by atoms with E-state index in [2.05, 4.69) is 22.4 Å². The maximum absolute atomic E-state index is 4.82. The molecule has 0 radical (unpaired) electrons. The molecule has 4 heteroatoms. The lowest BCUT2D eigenvalue weighted by molar-refractivity contribution is 0.385. The summed E-state index contributed by atoms with van der Waals surface area (Å²) in [4.78, 5) is 4.07. The first-order valence-electron chi connectivity index (χ1n) is 4.33. The standard InChI is InChI=1S/C8H15N3O/c1-3-4-5-9-6-8-10-7(2)12-11-8/h9H,3-6H2,1-2H3. The Hall–Kier alpha value is -0.900. The van der Waals surface area contributed by atoms with Crippen LogP contribution in [0, 0.1) is 6.92 Å². The lowest BCUT2D eigenvalue weighted by Gasteiger charge is -1.97. The van der Waals surface area contributed by atoms with Crippen molar-refractivity contribution in [3.8, 4) is 0 Å². The first-order chi connectivity index (χ1) is 5.83. The van der Waals surface area contributed by atoms with Crippen molar-refractivity contribution in [1.82, 2.24) is 15.5 Å². The van der Waals surface area contributed by atoms with E-state index in [9.17, 15) is 0 Å². The number of hydrogen-bond donors (Lipinski definition) is 1. The Bertz CT molecular complexity index is 222. The Labute approximate surface area is 72.4 Å². The molecule has 68 valence electrons. The summed E-state index contributed by atoms with van der Waals surface area (Å²) in [6, 6.07) is 0. The molecule has 0 unspecified atom stereocenters. The Morgan fingerprint density at radius 3 is 2.92 bits per heavy atom. The number of hydrogen-bond acceptors (Lipinski definition) is 4. The topological polar surface area (TPSA) is 51.0 Å². The van der Waals surface area contributed by atoms with E-state index in [0.717, 1.165) is 12.4 Å². The quantitative estimate of drug-likeness (QED) is 0.674. The van der Waals surface area contributed by atoms with Crippen LogP contribution in [0.5, 0.6) is 0 Å². The molecular weight excluding hydrogens is 154 g/mol. The second-order valence-electron chi connectivity index (χ2n) is 2.76. The summed E-state index contributed by atoms with van der Waals surface area (Å²) in [6.07, 6.45) is 2.40. The fourth-order valence-corrected chi connectivity index (χ4v) is 0.915. The van der Waals surface area contributed by atoms with Crippen molar-refractivity contribution >= 4 is 0 Å². The smallest absolute Gasteiger partial charge is 0.223 e. The van der Waals surface area contributed by atoms with Crippen LogP contribution in [0.2, 0.25) is 0 Å². The Kier molecular flexibility index (Phi) is 3.73. The minimum Gasteiger partial charge on any atom is -0.340 e. The Morgan fingerprint density at radius 1 is 1.50 bits per heavy atom. The number of aromatic nitrogens is 2. The lowest BCUT2D eigenvalue weighted by Crippen LogP contribution is -2.15. The summed E-state index contributed by atoms with van der Waals surface area (Å²) < 4.78 is 4.82. The van der Waals surface area contributed by atoms with Gasteiger partial charge in [-0.2, -0.15) is 4.98 Å². The zero-order chi connectivity index (χ0) is 8.81. The van der Waals surface area contributed by atoms with Gasteiger partial charge in [0.05, 0.1) is 6.54 Å². The SMILES string of the molecule is CCCCNCc1noc(C)n1. The van der Waals surface area contributed by atoms with Crippen LogP contribution in [-0.2, 0) is 6.54 Å². The molecule has 0 amide bonds. The molecule has 1 N–H and O–H groups in total. The van der Waals surface area contributed by atoms with Gasteiger partial charge in [-0.15, -0.1) is 0 Å². The molecule has 0 aliphatic carbocycles. The van der Waals surface area contributed by atoms with E-state index < -0.39 is 0 Å². The van der Waals surface area contributed by atoms with E-state index in [1.807, 2.05) is 0 Å². The van der Waals surface area contributed by atoms with Gasteiger partial charge in [0.25, 0.3) is 0 Å². The Balaban J connectivity index is 2.15. The van der Waals surface area contributed by atoms with Crippen molar-refractivity contribution in [2.45, 2.75) is 33.2 Å². The zero-order valence-electron chi connectivity index (χ0n) is 7.63. The third-order valence-corrected chi connectivity index (χ3v) is 1.56. The molecule has 1 heterocycles. The van der Waals surface area contributed by atoms with Crippen LogP contribution in [-0.4, -0.2) is 16.7 Å². The fourth-order valence-electron chi connectivity index (χ4n) is 0.915. The number of unbranched alkanes of at least 4 members (excludes halogenated alkanes) is 1. The van der Waals surface area contributed by atoms with Gasteiger partial charge in [-0.05, 0) is 13.0 Å². The number of aryl methyl sites for hydroxylation is 1. The summed E-state index contributed by atoms with van der Waals surface area (Å²) in [5.74, 6) is 1.37. The molecule has 0 aliphatic rings. The van der Waals surface area contributed by atoms with E-state index in [-0.39, 0.29) is 0 Å². The molecular formula is C8H15N3O. The Morgan fingerprint density at radius 2 is 2.33 bits per heavy atom. The van der Waals surface area contributed by atoms with Crippen molar-refractivity contribution in [2.75, 3.05) is 6.54 Å². The fraction of sp³-hybridized carbons (Fsp3) is 0.750. The monoisotopic (exact) mass is 169 g/mol. The van der Waals surface area contributed by atoms with Gasteiger partial charge in [0.1, 0.15) is 0 Å². The van der Waals surface area contributed by atoms with Gasteiger partial charge in [0.2, 0.25) is 5.89 Å². The van der Waals surface area contributed by atoms with Gasteiger partial charge in [-0.3, -0.25) is 0 Å². The summed E-state index contributed by atoms with van der Waals surface area (Å²) in [6.45, 7) is 5.68. The molecule has 0 saturated carbocycles. The second kappa shape index (κ2) is 4.87. The molecule has 0 aliphatic heterocycles. The van der Waals surface area contributed by atoms with Crippen molar-refractivity contribution < 1.29 is 4.52 Å². The highest BCUT2D eigenvalue weighted by molar-refractivity contribution is 4.82. The second-order valence-corrected chi connectivity index (χ2v) is 2.76. The van der Waals surface area contributed by atoms with E-state index in [4.69, 9.17) is 4.52 Å². The maximum atomic E-state index is 4.82. The van der Waals surface area contributed by atoms with Crippen molar-refractivity contribution in [1.29, 1.82) is 0 Å². The highest BCUT2D eigenvalue weighted by atomic mass is 16.5. The molecule has 4 nitrogen and oxygen atoms in total. The molecule has 0 saturated heterocycles. The van der Waals surface area contributed by atoms with Crippen LogP contribution in [0.3, 0.4) is 0 Å². The van der Waals surface area contributed by atoms with Crippen LogP contribution in [0.25, 0.3) is 0 Å². The van der Waals surface area contributed by atoms with Crippen LogP contribution in [0.4, 0.5) is 0 Å². The maximum Gasteiger partial charge on any atom is 0.223 e. The normalized spacial score (nSPS) is 10.5. The van der Waals surface area contributed by atoms with Crippen LogP contribution >= 0.6 is 0 Å². The first kappa shape index (κ1) is 9.19. The van der Waals surface area contributed by atoms with Crippen molar-refractivity contribution in [2.24, 2.45) is 0 Å². The van der Waals surface area contributed by atoms with E-state index >= 15 is 0 Å². The minimum absolute atomic E-state index is 0.627. The molecule has 0 spiro atoms. The molecule has 1 aromatic heterocycles. The third-order valence-electron chi connectivity index (χ3n) is 1.56. The molecule has 0 aromatic carbocycles. The van der Waals surface area contributed by atoms with Crippen molar-refractivity contribution in [3.63, 3.8) is 0 Å². The van der Waals surface area contributed by atoms with Gasteiger partial charge in [0.15, 0.2) is 5.82 Å². The highest BCUT2D eigenvalue weighted by Crippen LogP contribution is 1.93. The largest absolute Gasteiger partial charge is 0.340 e. The van der Waals surface area contributed by atoms with Crippen LogP contribution < -0.4 is 5.32 Å². The molecule has 1 rings (SSSR count). The molecule has 0 atom stereocenters. The van der Waals surface area contributed by atoms with Gasteiger partial charge >= 0.3 is 0 Å². The first-order valence-corrected chi connectivity index (χ1v) is 4.33. The molecule has 0 bridgehead atoms. The average Bonchev–Trinajstić information content (AvgIpc) is 2.45. The predicted octanol–water partition coefficient (Wildman–Crippen LogP) is 1.27. The number of nitrogens with zero attached hydrogens (tertiary/aromatic N) is 2. The summed E-state index contributed by atoms with van der Waals surface area (Å²) >= 11 is 0.